The Hall–Kier alpha value is -1.96. The van der Waals surface area contributed by atoms with Crippen LogP contribution in [0.4, 0.5) is 0 Å². The van der Waals surface area contributed by atoms with Gasteiger partial charge in [0.05, 0.1) is 17.8 Å². The van der Waals surface area contributed by atoms with Gasteiger partial charge in [-0.2, -0.15) is 5.10 Å². The number of hydrogen-bond donors (Lipinski definition) is 1. The molecule has 0 spiro atoms. The van der Waals surface area contributed by atoms with Crippen LogP contribution in [0, 0.1) is 6.92 Å². The summed E-state index contributed by atoms with van der Waals surface area (Å²) in [6.45, 7) is 6.24. The van der Waals surface area contributed by atoms with E-state index in [0.29, 0.717) is 25.7 Å². The van der Waals surface area contributed by atoms with Gasteiger partial charge in [-0.3, -0.25) is 9.48 Å². The van der Waals surface area contributed by atoms with Crippen LogP contribution in [-0.4, -0.2) is 66.1 Å². The Morgan fingerprint density at radius 1 is 1.43 bits per heavy atom. The van der Waals surface area contributed by atoms with Crippen molar-refractivity contribution in [3.8, 4) is 0 Å². The largest absolute Gasteiger partial charge is 0.385 e. The lowest BCUT2D eigenvalue weighted by Gasteiger charge is -2.30. The average molecular weight is 386 g/mol. The molecule has 7 nitrogen and oxygen atoms in total. The van der Waals surface area contributed by atoms with Crippen LogP contribution in [-0.2, 0) is 27.4 Å². The fourth-order valence-electron chi connectivity index (χ4n) is 3.89. The second kappa shape index (κ2) is 8.59. The molecule has 152 valence electrons. The summed E-state index contributed by atoms with van der Waals surface area (Å²) in [6.07, 6.45) is 2.74. The lowest BCUT2D eigenvalue weighted by Crippen LogP contribution is -2.49. The van der Waals surface area contributed by atoms with Crippen molar-refractivity contribution in [2.75, 3.05) is 33.4 Å². The minimum Gasteiger partial charge on any atom is -0.385 e. The van der Waals surface area contributed by atoms with Gasteiger partial charge in [0.1, 0.15) is 6.10 Å². The van der Waals surface area contributed by atoms with Crippen LogP contribution in [0.5, 0.6) is 0 Å². The maximum Gasteiger partial charge on any atom is 0.253 e. The molecular formula is C21H30N4O3. The molecule has 1 saturated carbocycles. The molecule has 0 radical (unpaired) electrons. The number of ether oxygens (including phenoxy) is 2. The van der Waals surface area contributed by atoms with Gasteiger partial charge in [-0.15, -0.1) is 0 Å². The van der Waals surface area contributed by atoms with Gasteiger partial charge in [-0.05, 0) is 37.8 Å². The number of aromatic nitrogens is 2. The predicted octanol–water partition coefficient (Wildman–Crippen LogP) is 1.86. The van der Waals surface area contributed by atoms with E-state index in [0.717, 1.165) is 55.7 Å². The van der Waals surface area contributed by atoms with Gasteiger partial charge in [0, 0.05) is 51.3 Å². The first kappa shape index (κ1) is 19.4. The zero-order valence-electron chi connectivity index (χ0n) is 16.8. The molecule has 1 aromatic carbocycles. The van der Waals surface area contributed by atoms with Gasteiger partial charge in [0.15, 0.2) is 0 Å². The molecule has 1 aliphatic carbocycles. The highest BCUT2D eigenvalue weighted by atomic mass is 16.5. The minimum absolute atomic E-state index is 0.111. The maximum atomic E-state index is 13.0. The van der Waals surface area contributed by atoms with Crippen molar-refractivity contribution in [1.29, 1.82) is 0 Å². The monoisotopic (exact) mass is 386 g/mol. The zero-order valence-corrected chi connectivity index (χ0v) is 16.8. The fourth-order valence-corrected chi connectivity index (χ4v) is 3.89. The van der Waals surface area contributed by atoms with Gasteiger partial charge in [-0.25, -0.2) is 0 Å². The van der Waals surface area contributed by atoms with Gasteiger partial charge in [-0.1, -0.05) is 12.1 Å². The van der Waals surface area contributed by atoms with Crippen molar-refractivity contribution >= 4 is 16.8 Å². The molecule has 1 aliphatic heterocycles. The normalized spacial score (nSPS) is 19.9. The molecule has 1 N–H and O–H groups in total. The Bertz CT molecular complexity index is 824. The topological polar surface area (TPSA) is 68.6 Å². The van der Waals surface area contributed by atoms with E-state index in [1.807, 2.05) is 11.8 Å². The SMILES string of the molecule is COCCCn1nc(C)c2ccc(CN(C(=O)[C@H]3CNCCO3)C3CC3)cc21. The number of methoxy groups -OCH3 is 1. The van der Waals surface area contributed by atoms with E-state index in [9.17, 15) is 4.79 Å². The highest BCUT2D eigenvalue weighted by molar-refractivity contribution is 5.84. The summed E-state index contributed by atoms with van der Waals surface area (Å²) >= 11 is 0. The first-order chi connectivity index (χ1) is 13.7. The maximum absolute atomic E-state index is 13.0. The highest BCUT2D eigenvalue weighted by Crippen LogP contribution is 2.30. The van der Waals surface area contributed by atoms with Crippen molar-refractivity contribution in [2.24, 2.45) is 0 Å². The van der Waals surface area contributed by atoms with Crippen molar-refractivity contribution in [3.05, 3.63) is 29.5 Å². The molecule has 7 heteroatoms. The molecule has 28 heavy (non-hydrogen) atoms. The molecule has 0 bridgehead atoms. The van der Waals surface area contributed by atoms with Gasteiger partial charge >= 0.3 is 0 Å². The summed E-state index contributed by atoms with van der Waals surface area (Å²) in [5.74, 6) is 0.111. The van der Waals surface area contributed by atoms with Crippen molar-refractivity contribution in [3.63, 3.8) is 0 Å². The smallest absolute Gasteiger partial charge is 0.253 e. The Balaban J connectivity index is 1.53. The molecule has 1 aromatic heterocycles. The van der Waals surface area contributed by atoms with Gasteiger partial charge in [0.2, 0.25) is 0 Å². The molecule has 4 rings (SSSR count). The number of amides is 1. The number of nitrogens with one attached hydrogen (secondary N) is 1. The fraction of sp³-hybridized carbons (Fsp3) is 0.619. The lowest BCUT2D eigenvalue weighted by molar-refractivity contribution is -0.146. The number of benzene rings is 1. The summed E-state index contributed by atoms with van der Waals surface area (Å²) in [6, 6.07) is 6.79. The Kier molecular flexibility index (Phi) is 5.94. The summed E-state index contributed by atoms with van der Waals surface area (Å²) < 4.78 is 12.9. The van der Waals surface area contributed by atoms with E-state index in [-0.39, 0.29) is 12.0 Å². The third-order valence-corrected chi connectivity index (χ3v) is 5.55. The van der Waals surface area contributed by atoms with Crippen LogP contribution in [0.2, 0.25) is 0 Å². The summed E-state index contributed by atoms with van der Waals surface area (Å²) in [7, 11) is 1.72. The molecule has 0 unspecified atom stereocenters. The number of fused-ring (bicyclic) bond motifs is 1. The van der Waals surface area contributed by atoms with Gasteiger partial charge < -0.3 is 19.7 Å². The highest BCUT2D eigenvalue weighted by Gasteiger charge is 2.36. The van der Waals surface area contributed by atoms with E-state index in [4.69, 9.17) is 14.6 Å². The van der Waals surface area contributed by atoms with E-state index in [1.54, 1.807) is 7.11 Å². The van der Waals surface area contributed by atoms with Crippen LogP contribution in [0.25, 0.3) is 10.9 Å². The summed E-state index contributed by atoms with van der Waals surface area (Å²) in [5.41, 5.74) is 3.31. The van der Waals surface area contributed by atoms with E-state index >= 15 is 0 Å². The summed E-state index contributed by atoms with van der Waals surface area (Å²) in [5, 5.41) is 9.12. The molecule has 1 atom stereocenters. The first-order valence-electron chi connectivity index (χ1n) is 10.2. The number of morpholine rings is 1. The van der Waals surface area contributed by atoms with Crippen molar-refractivity contribution < 1.29 is 14.3 Å². The number of carbonyl (C=O) groups excluding carboxylic acids is 1. The molecule has 1 saturated heterocycles. The van der Waals surface area contributed by atoms with Crippen molar-refractivity contribution in [1.82, 2.24) is 20.0 Å². The Morgan fingerprint density at radius 2 is 2.29 bits per heavy atom. The van der Waals surface area contributed by atoms with Crippen LogP contribution in [0.3, 0.4) is 0 Å². The molecule has 1 amide bonds. The van der Waals surface area contributed by atoms with Crippen LogP contribution in [0.15, 0.2) is 18.2 Å². The second-order valence-corrected chi connectivity index (χ2v) is 7.77. The summed E-state index contributed by atoms with van der Waals surface area (Å²) in [4.78, 5) is 15.0. The quantitative estimate of drug-likeness (QED) is 0.702. The van der Waals surface area contributed by atoms with Crippen molar-refractivity contribution in [2.45, 2.75) is 51.4 Å². The lowest BCUT2D eigenvalue weighted by atomic mass is 10.1. The van der Waals surface area contributed by atoms with E-state index in [2.05, 4.69) is 28.2 Å². The Labute approximate surface area is 166 Å². The number of aryl methyl sites for hydroxylation is 2. The minimum atomic E-state index is -0.361. The first-order valence-corrected chi connectivity index (χ1v) is 10.2. The van der Waals surface area contributed by atoms with Crippen LogP contribution in [0.1, 0.15) is 30.5 Å². The predicted molar refractivity (Wildman–Crippen MR) is 107 cm³/mol. The standard InChI is InChI=1S/C21H30N4O3/c1-15-18-7-4-16(12-19(18)25(23-15)9-3-10-27-2)14-24(17-5-6-17)21(26)20-13-22-8-11-28-20/h4,7,12,17,20,22H,3,5-6,8-11,13-14H2,1-2H3/t20-/m1/s1. The number of carbonyl (C=O) groups is 1. The molecule has 2 aromatic rings. The molecule has 2 aliphatic rings. The number of hydrogen-bond acceptors (Lipinski definition) is 5. The number of nitrogens with zero attached hydrogens (tertiary/aromatic N) is 3. The zero-order chi connectivity index (χ0) is 19.5. The Morgan fingerprint density at radius 3 is 3.00 bits per heavy atom. The second-order valence-electron chi connectivity index (χ2n) is 7.77. The molecular weight excluding hydrogens is 356 g/mol. The van der Waals surface area contributed by atoms with E-state index in [1.165, 1.54) is 5.39 Å². The third-order valence-electron chi connectivity index (χ3n) is 5.55. The van der Waals surface area contributed by atoms with Crippen LogP contribution < -0.4 is 5.32 Å². The van der Waals surface area contributed by atoms with Gasteiger partial charge in [0.25, 0.3) is 5.91 Å². The number of rotatable bonds is 8. The van der Waals surface area contributed by atoms with Crippen LogP contribution >= 0.6 is 0 Å². The average Bonchev–Trinajstić information content (AvgIpc) is 3.52. The van der Waals surface area contributed by atoms with E-state index < -0.39 is 0 Å². The molecule has 2 heterocycles. The molecule has 2 fully saturated rings. The third kappa shape index (κ3) is 4.21.